The van der Waals surface area contributed by atoms with Gasteiger partial charge in [-0.25, -0.2) is 0 Å². The molecule has 0 saturated heterocycles. The zero-order chi connectivity index (χ0) is 13.4. The average molecular weight is 249 g/mol. The number of likely N-dealkylation sites (N-methyl/N-ethyl adjacent to an activating group) is 2. The highest BCUT2D eigenvalue weighted by molar-refractivity contribution is 5.47. The first kappa shape index (κ1) is 15.0. The number of anilines is 1. The van der Waals surface area contributed by atoms with Crippen molar-refractivity contribution in [1.29, 1.82) is 0 Å². The lowest BCUT2D eigenvalue weighted by atomic mass is 10.2. The fraction of sp³-hybridized carbons (Fsp3) is 0.600. The van der Waals surface area contributed by atoms with Crippen LogP contribution in [0.2, 0.25) is 0 Å². The van der Waals surface area contributed by atoms with Gasteiger partial charge in [-0.05, 0) is 37.7 Å². The van der Waals surface area contributed by atoms with Gasteiger partial charge in [0.25, 0.3) is 0 Å². The molecule has 0 bridgehead atoms. The summed E-state index contributed by atoms with van der Waals surface area (Å²) in [7, 11) is 0. The summed E-state index contributed by atoms with van der Waals surface area (Å²) in [6.45, 7) is 12.8. The van der Waals surface area contributed by atoms with Crippen LogP contribution in [0, 0.1) is 0 Å². The van der Waals surface area contributed by atoms with E-state index in [2.05, 4.69) is 54.8 Å². The molecule has 1 aromatic rings. The topological polar surface area (TPSA) is 32.5 Å². The number of hydrogen-bond acceptors (Lipinski definition) is 3. The number of benzene rings is 1. The van der Waals surface area contributed by atoms with Crippen LogP contribution in [0.3, 0.4) is 0 Å². The lowest BCUT2D eigenvalue weighted by Gasteiger charge is -2.27. The second-order valence-corrected chi connectivity index (χ2v) is 4.48. The number of rotatable bonds is 8. The van der Waals surface area contributed by atoms with Crippen LogP contribution in [-0.2, 0) is 6.54 Å². The summed E-state index contributed by atoms with van der Waals surface area (Å²) >= 11 is 0. The Bertz CT molecular complexity index is 317. The molecule has 0 aliphatic rings. The molecule has 0 heterocycles. The van der Waals surface area contributed by atoms with Gasteiger partial charge in [-0.3, -0.25) is 0 Å². The van der Waals surface area contributed by atoms with Gasteiger partial charge in [-0.1, -0.05) is 26.0 Å². The molecule has 3 heteroatoms. The molecular weight excluding hydrogens is 222 g/mol. The van der Waals surface area contributed by atoms with Crippen molar-refractivity contribution < 1.29 is 0 Å². The Kier molecular flexibility index (Phi) is 6.76. The fourth-order valence-corrected chi connectivity index (χ4v) is 2.11. The molecule has 0 spiro atoms. The lowest BCUT2D eigenvalue weighted by Crippen LogP contribution is -2.35. The predicted molar refractivity (Wildman–Crippen MR) is 80.0 cm³/mol. The van der Waals surface area contributed by atoms with Crippen LogP contribution in [0.1, 0.15) is 26.3 Å². The van der Waals surface area contributed by atoms with Crippen molar-refractivity contribution in [3.05, 3.63) is 29.8 Å². The lowest BCUT2D eigenvalue weighted by molar-refractivity contribution is 0.310. The fourth-order valence-electron chi connectivity index (χ4n) is 2.11. The van der Waals surface area contributed by atoms with Crippen molar-refractivity contribution in [3.8, 4) is 0 Å². The van der Waals surface area contributed by atoms with Crippen LogP contribution >= 0.6 is 0 Å². The van der Waals surface area contributed by atoms with E-state index in [1.54, 1.807) is 0 Å². The summed E-state index contributed by atoms with van der Waals surface area (Å²) in [5.41, 5.74) is 8.11. The Morgan fingerprint density at radius 2 is 1.50 bits per heavy atom. The maximum Gasteiger partial charge on any atom is 0.0366 e. The monoisotopic (exact) mass is 249 g/mol. The molecule has 102 valence electrons. The van der Waals surface area contributed by atoms with Crippen LogP contribution in [0.5, 0.6) is 0 Å². The highest BCUT2D eigenvalue weighted by atomic mass is 15.2. The maximum absolute atomic E-state index is 5.62. The first-order chi connectivity index (χ1) is 8.74. The van der Waals surface area contributed by atoms with Gasteiger partial charge in [0, 0.05) is 31.9 Å². The van der Waals surface area contributed by atoms with Gasteiger partial charge >= 0.3 is 0 Å². The zero-order valence-electron chi connectivity index (χ0n) is 12.0. The summed E-state index contributed by atoms with van der Waals surface area (Å²) in [5.74, 6) is 0. The van der Waals surface area contributed by atoms with E-state index in [1.165, 1.54) is 11.3 Å². The summed E-state index contributed by atoms with van der Waals surface area (Å²) in [4.78, 5) is 4.87. The highest BCUT2D eigenvalue weighted by Gasteiger charge is 2.06. The van der Waals surface area contributed by atoms with E-state index in [1.807, 2.05) is 0 Å². The molecule has 1 rings (SSSR count). The van der Waals surface area contributed by atoms with Crippen molar-refractivity contribution in [3.63, 3.8) is 0 Å². The van der Waals surface area contributed by atoms with Crippen molar-refractivity contribution in [1.82, 2.24) is 4.90 Å². The van der Waals surface area contributed by atoms with E-state index in [0.717, 1.165) is 32.7 Å². The van der Waals surface area contributed by atoms with Gasteiger partial charge in [0.2, 0.25) is 0 Å². The molecule has 0 amide bonds. The van der Waals surface area contributed by atoms with E-state index >= 15 is 0 Å². The summed E-state index contributed by atoms with van der Waals surface area (Å²) < 4.78 is 0. The van der Waals surface area contributed by atoms with Gasteiger partial charge < -0.3 is 15.5 Å². The van der Waals surface area contributed by atoms with E-state index in [-0.39, 0.29) is 0 Å². The van der Waals surface area contributed by atoms with Gasteiger partial charge in [-0.15, -0.1) is 0 Å². The maximum atomic E-state index is 5.62. The Morgan fingerprint density at radius 1 is 0.889 bits per heavy atom. The molecule has 0 aliphatic carbocycles. The third-order valence-corrected chi connectivity index (χ3v) is 3.50. The van der Waals surface area contributed by atoms with Crippen molar-refractivity contribution in [2.75, 3.05) is 37.6 Å². The quantitative estimate of drug-likeness (QED) is 0.767. The molecule has 0 atom stereocenters. The van der Waals surface area contributed by atoms with E-state index in [9.17, 15) is 0 Å². The van der Waals surface area contributed by atoms with Crippen LogP contribution in [-0.4, -0.2) is 37.6 Å². The summed E-state index contributed by atoms with van der Waals surface area (Å²) in [6, 6.07) is 8.59. The summed E-state index contributed by atoms with van der Waals surface area (Å²) in [5, 5.41) is 0. The Morgan fingerprint density at radius 3 is 1.94 bits per heavy atom. The van der Waals surface area contributed by atoms with Crippen molar-refractivity contribution >= 4 is 5.69 Å². The molecule has 1 aromatic carbocycles. The minimum Gasteiger partial charge on any atom is -0.371 e. The van der Waals surface area contributed by atoms with Gasteiger partial charge in [0.05, 0.1) is 0 Å². The average Bonchev–Trinajstić information content (AvgIpc) is 2.44. The molecule has 18 heavy (non-hydrogen) atoms. The number of nitrogens with two attached hydrogens (primary N) is 1. The number of hydrogen-bond donors (Lipinski definition) is 1. The minimum absolute atomic E-state index is 0.617. The van der Waals surface area contributed by atoms with Crippen molar-refractivity contribution in [2.24, 2.45) is 5.73 Å². The van der Waals surface area contributed by atoms with Crippen LogP contribution in [0.25, 0.3) is 0 Å². The second kappa shape index (κ2) is 8.11. The van der Waals surface area contributed by atoms with Crippen LogP contribution < -0.4 is 10.6 Å². The second-order valence-electron chi connectivity index (χ2n) is 4.48. The third kappa shape index (κ3) is 4.31. The highest BCUT2D eigenvalue weighted by Crippen LogP contribution is 2.14. The Balaban J connectivity index is 2.58. The van der Waals surface area contributed by atoms with Gasteiger partial charge in [0.15, 0.2) is 0 Å². The summed E-state index contributed by atoms with van der Waals surface area (Å²) in [6.07, 6.45) is 0. The van der Waals surface area contributed by atoms with E-state index in [0.29, 0.717) is 6.54 Å². The van der Waals surface area contributed by atoms with Gasteiger partial charge in [0.1, 0.15) is 0 Å². The van der Waals surface area contributed by atoms with Crippen LogP contribution in [0.4, 0.5) is 5.69 Å². The zero-order valence-corrected chi connectivity index (χ0v) is 12.0. The van der Waals surface area contributed by atoms with Crippen molar-refractivity contribution in [2.45, 2.75) is 27.3 Å². The standard InChI is InChI=1S/C15H27N3/c1-4-17(5-2)11-12-18(6-3)15-9-7-14(13-16)8-10-15/h7-10H,4-6,11-13,16H2,1-3H3. The molecule has 0 aliphatic heterocycles. The normalized spacial score (nSPS) is 10.9. The molecule has 0 aromatic heterocycles. The molecule has 2 N–H and O–H groups in total. The minimum atomic E-state index is 0.617. The third-order valence-electron chi connectivity index (χ3n) is 3.50. The van der Waals surface area contributed by atoms with Crippen LogP contribution in [0.15, 0.2) is 24.3 Å². The SMILES string of the molecule is CCN(CC)CCN(CC)c1ccc(CN)cc1. The molecule has 0 saturated carbocycles. The number of nitrogens with zero attached hydrogens (tertiary/aromatic N) is 2. The Labute approximate surface area is 112 Å². The Hall–Kier alpha value is -1.06. The predicted octanol–water partition coefficient (Wildman–Crippen LogP) is 2.31. The smallest absolute Gasteiger partial charge is 0.0366 e. The van der Waals surface area contributed by atoms with E-state index < -0.39 is 0 Å². The molecule has 0 unspecified atom stereocenters. The molecule has 0 fully saturated rings. The first-order valence-electron chi connectivity index (χ1n) is 7.01. The first-order valence-corrected chi connectivity index (χ1v) is 7.01. The molecule has 3 nitrogen and oxygen atoms in total. The molecule has 0 radical (unpaired) electrons. The molecular formula is C15H27N3. The van der Waals surface area contributed by atoms with Gasteiger partial charge in [-0.2, -0.15) is 0 Å². The largest absolute Gasteiger partial charge is 0.371 e. The van der Waals surface area contributed by atoms with E-state index in [4.69, 9.17) is 5.73 Å².